The Balaban J connectivity index is 0.00000529. The van der Waals surface area contributed by atoms with Crippen LogP contribution in [0, 0.1) is 5.92 Å². The van der Waals surface area contributed by atoms with Gasteiger partial charge in [-0.05, 0) is 58.5 Å². The van der Waals surface area contributed by atoms with Gasteiger partial charge in [0.2, 0.25) is 5.91 Å². The highest BCUT2D eigenvalue weighted by atomic mass is 127. The van der Waals surface area contributed by atoms with Crippen molar-refractivity contribution in [3.05, 3.63) is 0 Å². The van der Waals surface area contributed by atoms with Crippen molar-refractivity contribution in [2.24, 2.45) is 16.6 Å². The highest BCUT2D eigenvalue weighted by Crippen LogP contribution is 2.16. The summed E-state index contributed by atoms with van der Waals surface area (Å²) in [7, 11) is 0. The molecular weight excluding hydrogens is 437 g/mol. The molecule has 24 heavy (non-hydrogen) atoms. The van der Waals surface area contributed by atoms with E-state index in [2.05, 4.69) is 33.7 Å². The lowest BCUT2D eigenvalue weighted by atomic mass is 9.96. The lowest BCUT2D eigenvalue weighted by molar-refractivity contribution is -0.123. The van der Waals surface area contributed by atoms with E-state index in [1.807, 2.05) is 11.8 Å². The lowest BCUT2D eigenvalue weighted by Crippen LogP contribution is -2.39. The van der Waals surface area contributed by atoms with Crippen molar-refractivity contribution in [1.82, 2.24) is 15.5 Å². The summed E-state index contributed by atoms with van der Waals surface area (Å²) in [6, 6.07) is 0. The molecule has 1 aliphatic rings. The van der Waals surface area contributed by atoms with Crippen LogP contribution in [0.2, 0.25) is 0 Å². The van der Waals surface area contributed by atoms with E-state index in [9.17, 15) is 4.79 Å². The molecule has 0 aromatic carbocycles. The second-order valence-corrected chi connectivity index (χ2v) is 6.89. The van der Waals surface area contributed by atoms with Crippen molar-refractivity contribution >= 4 is 47.6 Å². The first kappa shape index (κ1) is 23.8. The summed E-state index contributed by atoms with van der Waals surface area (Å²) in [6.07, 6.45) is 6.18. The monoisotopic (exact) mass is 471 g/mol. The predicted molar refractivity (Wildman–Crippen MR) is 115 cm³/mol. The number of nitrogens with two attached hydrogens (primary N) is 1. The summed E-state index contributed by atoms with van der Waals surface area (Å²) in [5.41, 5.74) is 5.36. The number of carbonyl (C=O) groups is 1. The standard InChI is InChI=1S/C16H33N5OS.HI/c1-3-18-16(20-9-13-23-2)19-8-4-5-10-21-11-6-14(7-12-21)15(17)22;/h14H,3-13H2,1-2H3,(H2,17,22)(H2,18,19,20);1H. The second-order valence-electron chi connectivity index (χ2n) is 5.91. The molecule has 0 aromatic heterocycles. The molecule has 1 aliphatic heterocycles. The zero-order chi connectivity index (χ0) is 16.9. The van der Waals surface area contributed by atoms with Crippen LogP contribution in [0.5, 0.6) is 0 Å². The number of carbonyl (C=O) groups excluding carboxylic acids is 1. The maximum atomic E-state index is 11.1. The number of halogens is 1. The van der Waals surface area contributed by atoms with E-state index in [1.54, 1.807) is 0 Å². The van der Waals surface area contributed by atoms with Crippen LogP contribution >= 0.6 is 35.7 Å². The molecule has 0 bridgehead atoms. The number of piperidine rings is 1. The molecule has 1 rings (SSSR count). The Morgan fingerprint density at radius 3 is 2.58 bits per heavy atom. The third-order valence-electron chi connectivity index (χ3n) is 4.09. The van der Waals surface area contributed by atoms with Crippen molar-refractivity contribution in [1.29, 1.82) is 0 Å². The minimum atomic E-state index is -0.135. The number of thioether (sulfide) groups is 1. The van der Waals surface area contributed by atoms with Gasteiger partial charge in [0.25, 0.3) is 0 Å². The van der Waals surface area contributed by atoms with Crippen LogP contribution in [0.15, 0.2) is 4.99 Å². The van der Waals surface area contributed by atoms with E-state index in [0.29, 0.717) is 0 Å². The summed E-state index contributed by atoms with van der Waals surface area (Å²) in [5.74, 6) is 1.96. The van der Waals surface area contributed by atoms with Gasteiger partial charge >= 0.3 is 0 Å². The molecule has 1 heterocycles. The number of hydrogen-bond acceptors (Lipinski definition) is 4. The van der Waals surface area contributed by atoms with Crippen LogP contribution in [0.4, 0.5) is 0 Å². The Labute approximate surface area is 168 Å². The first-order valence-corrected chi connectivity index (χ1v) is 10.1. The Bertz CT molecular complexity index is 362. The summed E-state index contributed by atoms with van der Waals surface area (Å²) in [4.78, 5) is 18.2. The molecule has 1 amide bonds. The fourth-order valence-electron chi connectivity index (χ4n) is 2.69. The molecule has 1 saturated heterocycles. The number of rotatable bonds is 10. The average molecular weight is 471 g/mol. The molecule has 1 fully saturated rings. The molecule has 0 atom stereocenters. The van der Waals surface area contributed by atoms with Crippen molar-refractivity contribution < 1.29 is 4.79 Å². The first-order valence-electron chi connectivity index (χ1n) is 8.70. The van der Waals surface area contributed by atoms with E-state index in [4.69, 9.17) is 5.73 Å². The summed E-state index contributed by atoms with van der Waals surface area (Å²) in [5, 5.41) is 6.61. The third kappa shape index (κ3) is 10.6. The first-order chi connectivity index (χ1) is 11.2. The number of primary amides is 1. The SMILES string of the molecule is CCNC(=NCCCCN1CCC(C(N)=O)CC1)NCCSC.I. The maximum absolute atomic E-state index is 11.1. The summed E-state index contributed by atoms with van der Waals surface area (Å²) >= 11 is 1.83. The topological polar surface area (TPSA) is 82.8 Å². The number of hydrogen-bond donors (Lipinski definition) is 3. The zero-order valence-electron chi connectivity index (χ0n) is 15.1. The molecule has 142 valence electrons. The Kier molecular flexibility index (Phi) is 14.9. The van der Waals surface area contributed by atoms with Crippen LogP contribution in [0.3, 0.4) is 0 Å². The molecule has 0 saturated carbocycles. The zero-order valence-corrected chi connectivity index (χ0v) is 18.2. The number of guanidine groups is 1. The third-order valence-corrected chi connectivity index (χ3v) is 4.70. The van der Waals surface area contributed by atoms with Crippen molar-refractivity contribution in [2.75, 3.05) is 51.3 Å². The normalized spacial score (nSPS) is 16.5. The van der Waals surface area contributed by atoms with Gasteiger partial charge < -0.3 is 21.3 Å². The number of unbranched alkanes of at least 4 members (excludes halogenated alkanes) is 1. The van der Waals surface area contributed by atoms with Crippen LogP contribution in [0.1, 0.15) is 32.6 Å². The molecule has 0 aliphatic carbocycles. The Hall–Kier alpha value is -0.220. The number of likely N-dealkylation sites (tertiary alicyclic amines) is 1. The van der Waals surface area contributed by atoms with Crippen molar-refractivity contribution in [3.63, 3.8) is 0 Å². The van der Waals surface area contributed by atoms with Crippen molar-refractivity contribution in [3.8, 4) is 0 Å². The molecule has 8 heteroatoms. The maximum Gasteiger partial charge on any atom is 0.220 e. The van der Waals surface area contributed by atoms with Crippen LogP contribution in [-0.4, -0.2) is 68.0 Å². The van der Waals surface area contributed by atoms with E-state index in [1.165, 1.54) is 0 Å². The summed E-state index contributed by atoms with van der Waals surface area (Å²) in [6.45, 7) is 7.86. The van der Waals surface area contributed by atoms with Crippen LogP contribution < -0.4 is 16.4 Å². The summed E-state index contributed by atoms with van der Waals surface area (Å²) < 4.78 is 0. The van der Waals surface area contributed by atoms with Gasteiger partial charge in [0.05, 0.1) is 0 Å². The van der Waals surface area contributed by atoms with Gasteiger partial charge in [-0.3, -0.25) is 9.79 Å². The molecule has 0 radical (unpaired) electrons. The quantitative estimate of drug-likeness (QED) is 0.195. The van der Waals surface area contributed by atoms with Gasteiger partial charge in [-0.1, -0.05) is 0 Å². The van der Waals surface area contributed by atoms with E-state index in [0.717, 1.165) is 76.7 Å². The number of nitrogens with one attached hydrogen (secondary N) is 2. The predicted octanol–water partition coefficient (Wildman–Crippen LogP) is 1.50. The van der Waals surface area contributed by atoms with E-state index < -0.39 is 0 Å². The molecule has 4 N–H and O–H groups in total. The minimum Gasteiger partial charge on any atom is -0.369 e. The average Bonchev–Trinajstić information content (AvgIpc) is 2.55. The smallest absolute Gasteiger partial charge is 0.220 e. The molecular formula is C16H34IN5OS. The largest absolute Gasteiger partial charge is 0.369 e. The molecule has 0 spiro atoms. The van der Waals surface area contributed by atoms with Gasteiger partial charge in [-0.2, -0.15) is 11.8 Å². The van der Waals surface area contributed by atoms with Gasteiger partial charge in [0.1, 0.15) is 0 Å². The number of amides is 1. The lowest BCUT2D eigenvalue weighted by Gasteiger charge is -2.30. The van der Waals surface area contributed by atoms with Gasteiger partial charge in [-0.15, -0.1) is 24.0 Å². The van der Waals surface area contributed by atoms with Crippen LogP contribution in [-0.2, 0) is 4.79 Å². The second kappa shape index (κ2) is 15.1. The molecule has 0 aromatic rings. The van der Waals surface area contributed by atoms with E-state index in [-0.39, 0.29) is 35.8 Å². The molecule has 6 nitrogen and oxygen atoms in total. The fourth-order valence-corrected chi connectivity index (χ4v) is 3.00. The van der Waals surface area contributed by atoms with Gasteiger partial charge in [0, 0.05) is 31.3 Å². The molecule has 0 unspecified atom stereocenters. The number of aliphatic imine (C=N–C) groups is 1. The van der Waals surface area contributed by atoms with Gasteiger partial charge in [0.15, 0.2) is 5.96 Å². The Morgan fingerprint density at radius 1 is 1.29 bits per heavy atom. The Morgan fingerprint density at radius 2 is 2.00 bits per heavy atom. The number of nitrogens with zero attached hydrogens (tertiary/aromatic N) is 2. The highest BCUT2D eigenvalue weighted by Gasteiger charge is 2.22. The van der Waals surface area contributed by atoms with E-state index >= 15 is 0 Å². The fraction of sp³-hybridized carbons (Fsp3) is 0.875. The minimum absolute atomic E-state index is 0. The van der Waals surface area contributed by atoms with Crippen molar-refractivity contribution in [2.45, 2.75) is 32.6 Å². The van der Waals surface area contributed by atoms with Gasteiger partial charge in [-0.25, -0.2) is 0 Å². The van der Waals surface area contributed by atoms with Crippen LogP contribution in [0.25, 0.3) is 0 Å². The highest BCUT2D eigenvalue weighted by molar-refractivity contribution is 14.0.